The number of carbonyl (C=O) groups excluding carboxylic acids is 2. The van der Waals surface area contributed by atoms with Crippen LogP contribution in [0.15, 0.2) is 72.3 Å². The smallest absolute Gasteiger partial charge is 0.305 e. The average molecular weight is 973 g/mol. The molecule has 0 spiro atoms. The zero-order valence-corrected chi connectivity index (χ0v) is 41.1. The van der Waals surface area contributed by atoms with Crippen molar-refractivity contribution < 1.29 is 33.8 Å². The molecule has 14 nitrogen and oxygen atoms in total. The number of pyridine rings is 2. The van der Waals surface area contributed by atoms with Crippen LogP contribution in [0.2, 0.25) is 0 Å². The van der Waals surface area contributed by atoms with Gasteiger partial charge in [0.2, 0.25) is 11.8 Å². The number of hydrogen-bond acceptors (Lipinski definition) is 10. The first-order valence-electron chi connectivity index (χ1n) is 26.6. The molecule has 4 aliphatic heterocycles. The standard InChI is InChI=1S/C56H73FN8O6/c57-52-45(36-19-20-36)16-4-17-47(52)49(33-51(68)69)63-55(70)39-13-7-27-64(34-39)28-8-15-43-30-41(46-18-6-26-59-54(46)61-43)31-44-24-22-40(56(71)62-48(32-50(66)67)37-10-2-1-3-11-37)35-65(44)29-9-14-42-23-21-38-12-5-25-58-53(38)60-42/h1-4,10-11,16-17,21,23,30,36,39-40,44,47-49,52H,5-9,12-15,18-20,22,24-29,31-35H2,(H,58,60)(H,59,61)(H,62,71)(H,63,70)(H,66,67)(H,68,69)/t39-,40-,44-,47?,48+,49+,52?/m1/s1. The van der Waals surface area contributed by atoms with Crippen LogP contribution in [-0.4, -0.2) is 118 Å². The second-order valence-corrected chi connectivity index (χ2v) is 21.0. The lowest BCUT2D eigenvalue weighted by Gasteiger charge is -2.40. The fraction of sp³-hybridized carbons (Fsp3) is 0.571. The summed E-state index contributed by atoms with van der Waals surface area (Å²) >= 11 is 0. The zero-order valence-electron chi connectivity index (χ0n) is 41.1. The van der Waals surface area contributed by atoms with Crippen molar-refractivity contribution in [2.75, 3.05) is 56.4 Å². The highest BCUT2D eigenvalue weighted by atomic mass is 19.1. The van der Waals surface area contributed by atoms with E-state index in [1.165, 1.54) is 16.7 Å². The lowest BCUT2D eigenvalue weighted by Crippen LogP contribution is -2.50. The van der Waals surface area contributed by atoms with E-state index in [9.17, 15) is 29.4 Å². The molecule has 1 aromatic carbocycles. The summed E-state index contributed by atoms with van der Waals surface area (Å²) in [6.45, 7) is 5.45. The fourth-order valence-electron chi connectivity index (χ4n) is 11.9. The van der Waals surface area contributed by atoms with Crippen molar-refractivity contribution in [3.63, 3.8) is 0 Å². The molecule has 9 rings (SSSR count). The molecule has 0 bridgehead atoms. The maximum absolute atomic E-state index is 15.8. The minimum absolute atomic E-state index is 0.103. The van der Waals surface area contributed by atoms with Gasteiger partial charge in [-0.1, -0.05) is 54.6 Å². The summed E-state index contributed by atoms with van der Waals surface area (Å²) in [5.41, 5.74) is 7.46. The van der Waals surface area contributed by atoms with Crippen LogP contribution in [-0.2, 0) is 51.3 Å². The third-order valence-electron chi connectivity index (χ3n) is 15.8. The summed E-state index contributed by atoms with van der Waals surface area (Å²) in [7, 11) is 0. The Labute approximate surface area is 417 Å². The van der Waals surface area contributed by atoms with Gasteiger partial charge in [-0.3, -0.25) is 24.1 Å². The normalized spacial score (nSPS) is 24.2. The van der Waals surface area contributed by atoms with Crippen LogP contribution in [0, 0.1) is 23.7 Å². The van der Waals surface area contributed by atoms with Gasteiger partial charge in [0, 0.05) is 55.6 Å². The molecule has 1 saturated carbocycles. The van der Waals surface area contributed by atoms with E-state index in [1.54, 1.807) is 6.08 Å². The van der Waals surface area contributed by atoms with Gasteiger partial charge in [0.15, 0.2) is 0 Å². The van der Waals surface area contributed by atoms with Crippen LogP contribution >= 0.6 is 0 Å². The molecule has 6 N–H and O–H groups in total. The number of carboxylic acid groups (broad SMARTS) is 2. The lowest BCUT2D eigenvalue weighted by molar-refractivity contribution is -0.139. The predicted octanol–water partition coefficient (Wildman–Crippen LogP) is 7.25. The van der Waals surface area contributed by atoms with E-state index in [0.717, 1.165) is 150 Å². The molecule has 6 aliphatic rings. The summed E-state index contributed by atoms with van der Waals surface area (Å²) in [6.07, 6.45) is 16.9. The first-order valence-corrected chi connectivity index (χ1v) is 26.6. The number of halogens is 1. The molecule has 3 fully saturated rings. The number of rotatable bonds is 21. The minimum Gasteiger partial charge on any atom is -0.481 e. The summed E-state index contributed by atoms with van der Waals surface area (Å²) < 4.78 is 15.8. The number of aryl methyl sites for hydroxylation is 3. The van der Waals surface area contributed by atoms with Gasteiger partial charge in [-0.25, -0.2) is 14.4 Å². The van der Waals surface area contributed by atoms with Gasteiger partial charge in [-0.2, -0.15) is 0 Å². The van der Waals surface area contributed by atoms with E-state index in [4.69, 9.17) is 9.97 Å². The van der Waals surface area contributed by atoms with E-state index >= 15 is 4.39 Å². The maximum atomic E-state index is 15.8. The van der Waals surface area contributed by atoms with Crippen LogP contribution < -0.4 is 21.3 Å². The highest BCUT2D eigenvalue weighted by Gasteiger charge is 2.41. The van der Waals surface area contributed by atoms with E-state index in [1.807, 2.05) is 42.5 Å². The minimum atomic E-state index is -1.29. The topological polar surface area (TPSA) is 189 Å². The molecule has 2 aliphatic carbocycles. The molecular weight excluding hydrogens is 900 g/mol. The van der Waals surface area contributed by atoms with Crippen LogP contribution in [0.1, 0.15) is 117 Å². The lowest BCUT2D eigenvalue weighted by atomic mass is 9.83. The number of alkyl halides is 1. The molecule has 380 valence electrons. The van der Waals surface area contributed by atoms with Crippen LogP contribution in [0.25, 0.3) is 0 Å². The number of aliphatic carboxylic acids is 2. The first-order chi connectivity index (χ1) is 34.5. The Hall–Kier alpha value is -5.67. The van der Waals surface area contributed by atoms with Crippen molar-refractivity contribution in [1.29, 1.82) is 0 Å². The van der Waals surface area contributed by atoms with Gasteiger partial charge in [0.1, 0.15) is 17.8 Å². The Morgan fingerprint density at radius 1 is 0.775 bits per heavy atom. The maximum Gasteiger partial charge on any atom is 0.305 e. The van der Waals surface area contributed by atoms with E-state index < -0.39 is 36.1 Å². The number of likely N-dealkylation sites (tertiary alicyclic amines) is 2. The Kier molecular flexibility index (Phi) is 16.8. The van der Waals surface area contributed by atoms with Crippen molar-refractivity contribution in [2.45, 2.75) is 133 Å². The number of piperidine rings is 2. The number of fused-ring (bicyclic) bond motifs is 2. The Morgan fingerprint density at radius 2 is 1.51 bits per heavy atom. The molecule has 7 atom stereocenters. The number of anilines is 2. The molecule has 6 heterocycles. The second-order valence-electron chi connectivity index (χ2n) is 21.0. The van der Waals surface area contributed by atoms with Crippen molar-refractivity contribution in [1.82, 2.24) is 30.4 Å². The van der Waals surface area contributed by atoms with E-state index in [-0.39, 0.29) is 48.5 Å². The van der Waals surface area contributed by atoms with E-state index in [2.05, 4.69) is 49.3 Å². The summed E-state index contributed by atoms with van der Waals surface area (Å²) in [5.74, 6) is -1.39. The number of aromatic nitrogens is 2. The number of benzene rings is 1. The molecule has 2 saturated heterocycles. The quantitative estimate of drug-likeness (QED) is 0.0629. The number of hydrogen-bond donors (Lipinski definition) is 6. The van der Waals surface area contributed by atoms with Gasteiger partial charge in [-0.15, -0.1) is 0 Å². The molecular formula is C56H73FN8O6. The van der Waals surface area contributed by atoms with Crippen LogP contribution in [0.5, 0.6) is 0 Å². The summed E-state index contributed by atoms with van der Waals surface area (Å²) in [5, 5.41) is 32.7. The Morgan fingerprint density at radius 3 is 2.31 bits per heavy atom. The van der Waals surface area contributed by atoms with Gasteiger partial charge in [0.25, 0.3) is 0 Å². The highest BCUT2D eigenvalue weighted by molar-refractivity contribution is 5.81. The molecule has 71 heavy (non-hydrogen) atoms. The number of nitrogens with one attached hydrogen (secondary N) is 4. The number of amides is 2. The molecule has 2 unspecified atom stereocenters. The number of carboxylic acids is 2. The number of carbonyl (C=O) groups is 4. The van der Waals surface area contributed by atoms with Crippen LogP contribution in [0.4, 0.5) is 16.0 Å². The summed E-state index contributed by atoms with van der Waals surface area (Å²) in [6, 6.07) is 14.8. The van der Waals surface area contributed by atoms with Crippen molar-refractivity contribution in [3.8, 4) is 0 Å². The number of nitrogens with zero attached hydrogens (tertiary/aromatic N) is 4. The largest absolute Gasteiger partial charge is 0.481 e. The third kappa shape index (κ3) is 13.3. The van der Waals surface area contributed by atoms with Crippen LogP contribution in [0.3, 0.4) is 0 Å². The van der Waals surface area contributed by atoms with Gasteiger partial charge < -0.3 is 36.4 Å². The third-order valence-corrected chi connectivity index (χ3v) is 15.8. The van der Waals surface area contributed by atoms with Gasteiger partial charge in [0.05, 0.1) is 30.7 Å². The summed E-state index contributed by atoms with van der Waals surface area (Å²) in [4.78, 5) is 66.6. The molecule has 3 aromatic rings. The van der Waals surface area contributed by atoms with Crippen molar-refractivity contribution in [2.24, 2.45) is 23.7 Å². The van der Waals surface area contributed by atoms with E-state index in [0.29, 0.717) is 25.9 Å². The SMILES string of the molecule is O=C(O)C[C@H](NC(=O)[C@@H]1CC[C@H](Cc2cc(CCCN3CCC[C@@H](C(=O)N[C@@H](CC(=O)O)C4C=CC=C(C5CC5)C4F)C3)nc3c2CCCN3)N(CCCc2ccc3c(n2)NCCC3)C1)c1ccccc1. The monoisotopic (exact) mass is 973 g/mol. The fourth-order valence-corrected chi connectivity index (χ4v) is 11.9. The predicted molar refractivity (Wildman–Crippen MR) is 272 cm³/mol. The Balaban J connectivity index is 0.844. The average Bonchev–Trinajstić information content (AvgIpc) is 4.22. The van der Waals surface area contributed by atoms with Crippen molar-refractivity contribution >= 4 is 35.4 Å². The van der Waals surface area contributed by atoms with Gasteiger partial charge in [-0.05, 0) is 162 Å². The Bertz CT molecular complexity index is 2430. The zero-order chi connectivity index (χ0) is 49.3. The highest BCUT2D eigenvalue weighted by Crippen LogP contribution is 2.43. The second kappa shape index (κ2) is 23.7. The molecule has 2 aromatic heterocycles. The molecule has 2 amide bonds. The first kappa shape index (κ1) is 50.3. The molecule has 15 heteroatoms. The molecule has 0 radical (unpaired) electrons. The van der Waals surface area contributed by atoms with Gasteiger partial charge >= 0.3 is 11.9 Å². The number of allylic oxidation sites excluding steroid dienone is 3. The van der Waals surface area contributed by atoms with Crippen molar-refractivity contribution in [3.05, 3.63) is 106 Å².